The predicted octanol–water partition coefficient (Wildman–Crippen LogP) is 3.86. The molecule has 0 fully saturated rings. The zero-order valence-corrected chi connectivity index (χ0v) is 12.8. The molecule has 0 aliphatic rings. The second-order valence-corrected chi connectivity index (χ2v) is 5.49. The molecule has 20 heavy (non-hydrogen) atoms. The summed E-state index contributed by atoms with van der Waals surface area (Å²) in [6, 6.07) is 8.62. The quantitative estimate of drug-likeness (QED) is 0.369. The Morgan fingerprint density at radius 2 is 1.80 bits per heavy atom. The van der Waals surface area contributed by atoms with Gasteiger partial charge in [0.15, 0.2) is 5.16 Å². The van der Waals surface area contributed by atoms with Crippen molar-refractivity contribution in [3.63, 3.8) is 0 Å². The van der Waals surface area contributed by atoms with E-state index in [4.69, 9.17) is 23.2 Å². The zero-order valence-electron chi connectivity index (χ0n) is 10.5. The van der Waals surface area contributed by atoms with Crippen LogP contribution in [-0.4, -0.2) is 23.0 Å². The van der Waals surface area contributed by atoms with Gasteiger partial charge in [-0.25, -0.2) is 14.8 Å². The van der Waals surface area contributed by atoms with Gasteiger partial charge in [0.1, 0.15) is 10.3 Å². The normalized spacial score (nSPS) is 10.3. The topological polar surface area (TPSA) is 52.1 Å². The molecule has 0 amide bonds. The van der Waals surface area contributed by atoms with Gasteiger partial charge in [0.05, 0.1) is 12.7 Å². The molecule has 0 aliphatic heterocycles. The molecule has 2 rings (SSSR count). The summed E-state index contributed by atoms with van der Waals surface area (Å²) in [6.07, 6.45) is 0. The second-order valence-electron chi connectivity index (χ2n) is 3.77. The van der Waals surface area contributed by atoms with Crippen LogP contribution in [0.15, 0.2) is 35.5 Å². The van der Waals surface area contributed by atoms with E-state index in [2.05, 4.69) is 14.7 Å². The highest BCUT2D eigenvalue weighted by Crippen LogP contribution is 2.23. The molecule has 0 N–H and O–H groups in total. The van der Waals surface area contributed by atoms with Gasteiger partial charge in [0, 0.05) is 11.8 Å². The number of benzene rings is 1. The van der Waals surface area contributed by atoms with Crippen LogP contribution in [0, 0.1) is 0 Å². The Bertz CT molecular complexity index is 600. The summed E-state index contributed by atoms with van der Waals surface area (Å²) in [6.45, 7) is 0. The zero-order chi connectivity index (χ0) is 14.5. The van der Waals surface area contributed by atoms with Crippen molar-refractivity contribution in [3.8, 4) is 0 Å². The van der Waals surface area contributed by atoms with E-state index in [-0.39, 0.29) is 5.97 Å². The molecule has 0 atom stereocenters. The van der Waals surface area contributed by atoms with Gasteiger partial charge >= 0.3 is 5.97 Å². The number of rotatable bonds is 4. The Kier molecular flexibility index (Phi) is 5.23. The molecule has 0 unspecified atom stereocenters. The van der Waals surface area contributed by atoms with Gasteiger partial charge in [0.2, 0.25) is 0 Å². The lowest BCUT2D eigenvalue weighted by atomic mass is 10.1. The van der Waals surface area contributed by atoms with E-state index in [1.807, 2.05) is 12.1 Å². The molecule has 0 spiro atoms. The molecule has 0 saturated carbocycles. The first-order chi connectivity index (χ1) is 9.58. The molecule has 1 aromatic carbocycles. The molecule has 0 bridgehead atoms. The van der Waals surface area contributed by atoms with Crippen LogP contribution in [0.2, 0.25) is 10.3 Å². The number of halogens is 2. The molecule has 104 valence electrons. The van der Waals surface area contributed by atoms with Crippen LogP contribution in [0.1, 0.15) is 15.9 Å². The fraction of sp³-hybridized carbons (Fsp3) is 0.154. The van der Waals surface area contributed by atoms with E-state index in [0.29, 0.717) is 26.8 Å². The number of hydrogen-bond acceptors (Lipinski definition) is 5. The molecule has 4 nitrogen and oxygen atoms in total. The number of hydrogen-bond donors (Lipinski definition) is 0. The molecule has 7 heteroatoms. The smallest absolute Gasteiger partial charge is 0.337 e. The third-order valence-electron chi connectivity index (χ3n) is 2.39. The van der Waals surface area contributed by atoms with Crippen LogP contribution in [0.25, 0.3) is 0 Å². The maximum absolute atomic E-state index is 11.3. The minimum Gasteiger partial charge on any atom is -0.465 e. The minimum absolute atomic E-state index is 0.313. The Hall–Kier alpha value is -1.30. The summed E-state index contributed by atoms with van der Waals surface area (Å²) in [5.41, 5.74) is 1.55. The fourth-order valence-corrected chi connectivity index (χ4v) is 2.77. The third kappa shape index (κ3) is 4.10. The van der Waals surface area contributed by atoms with Gasteiger partial charge in [-0.3, -0.25) is 0 Å². The van der Waals surface area contributed by atoms with Crippen molar-refractivity contribution in [2.24, 2.45) is 0 Å². The predicted molar refractivity (Wildman–Crippen MR) is 79.4 cm³/mol. The fourth-order valence-electron chi connectivity index (χ4n) is 1.44. The number of nitrogens with zero attached hydrogens (tertiary/aromatic N) is 2. The van der Waals surface area contributed by atoms with E-state index < -0.39 is 0 Å². The van der Waals surface area contributed by atoms with Crippen LogP contribution in [0.5, 0.6) is 0 Å². The highest BCUT2D eigenvalue weighted by molar-refractivity contribution is 7.98. The van der Waals surface area contributed by atoms with Crippen LogP contribution in [-0.2, 0) is 10.5 Å². The van der Waals surface area contributed by atoms with Crippen molar-refractivity contribution in [2.45, 2.75) is 10.9 Å². The standard InChI is InChI=1S/C13H10Cl2N2O2S/c1-19-12(18)9-4-2-8(3-5-9)7-20-13-16-10(14)6-11(15)17-13/h2-6H,7H2,1H3. The molecule has 2 aromatic rings. The number of esters is 1. The minimum atomic E-state index is -0.353. The van der Waals surface area contributed by atoms with E-state index in [0.717, 1.165) is 5.56 Å². The molecule has 0 saturated heterocycles. The van der Waals surface area contributed by atoms with E-state index >= 15 is 0 Å². The van der Waals surface area contributed by atoms with Crippen molar-refractivity contribution in [1.82, 2.24) is 9.97 Å². The SMILES string of the molecule is COC(=O)c1ccc(CSc2nc(Cl)cc(Cl)n2)cc1. The van der Waals surface area contributed by atoms with E-state index in [9.17, 15) is 4.79 Å². The highest BCUT2D eigenvalue weighted by atomic mass is 35.5. The number of carbonyl (C=O) groups excluding carboxylic acids is 1. The van der Waals surface area contributed by atoms with Gasteiger partial charge in [-0.2, -0.15) is 0 Å². The first-order valence-electron chi connectivity index (χ1n) is 5.58. The monoisotopic (exact) mass is 328 g/mol. The maximum atomic E-state index is 11.3. The Labute approximate surface area is 130 Å². The number of thioether (sulfide) groups is 1. The lowest BCUT2D eigenvalue weighted by molar-refractivity contribution is 0.0600. The number of aromatic nitrogens is 2. The largest absolute Gasteiger partial charge is 0.465 e. The first kappa shape index (κ1) is 15.1. The Balaban J connectivity index is 2.02. The van der Waals surface area contributed by atoms with Crippen molar-refractivity contribution in [1.29, 1.82) is 0 Å². The van der Waals surface area contributed by atoms with E-state index in [1.54, 1.807) is 12.1 Å². The molecule has 1 heterocycles. The molecular formula is C13H10Cl2N2O2S. The van der Waals surface area contributed by atoms with Crippen LogP contribution < -0.4 is 0 Å². The second kappa shape index (κ2) is 6.92. The average molecular weight is 329 g/mol. The van der Waals surface area contributed by atoms with Crippen LogP contribution >= 0.6 is 35.0 Å². The summed E-state index contributed by atoms with van der Waals surface area (Å²) in [7, 11) is 1.35. The van der Waals surface area contributed by atoms with Crippen molar-refractivity contribution in [3.05, 3.63) is 51.8 Å². The summed E-state index contributed by atoms with van der Waals surface area (Å²) in [5, 5.41) is 1.14. The first-order valence-corrected chi connectivity index (χ1v) is 7.33. The van der Waals surface area contributed by atoms with Gasteiger partial charge < -0.3 is 4.74 Å². The number of ether oxygens (including phenoxy) is 1. The Morgan fingerprint density at radius 3 is 2.35 bits per heavy atom. The van der Waals surface area contributed by atoms with Gasteiger partial charge in [-0.05, 0) is 17.7 Å². The molecule has 1 aromatic heterocycles. The van der Waals surface area contributed by atoms with Gasteiger partial charge in [-0.15, -0.1) is 0 Å². The average Bonchev–Trinajstić information content (AvgIpc) is 2.44. The molecule has 0 radical (unpaired) electrons. The van der Waals surface area contributed by atoms with Crippen molar-refractivity contribution >= 4 is 40.9 Å². The van der Waals surface area contributed by atoms with Crippen LogP contribution in [0.3, 0.4) is 0 Å². The van der Waals surface area contributed by atoms with E-state index in [1.165, 1.54) is 24.9 Å². The lowest BCUT2D eigenvalue weighted by Crippen LogP contribution is -2.00. The number of carbonyl (C=O) groups is 1. The molecule has 0 aliphatic carbocycles. The third-order valence-corrected chi connectivity index (χ3v) is 3.69. The van der Waals surface area contributed by atoms with Crippen molar-refractivity contribution in [2.75, 3.05) is 7.11 Å². The van der Waals surface area contributed by atoms with Crippen molar-refractivity contribution < 1.29 is 9.53 Å². The summed E-state index contributed by atoms with van der Waals surface area (Å²) >= 11 is 13.0. The van der Waals surface area contributed by atoms with Crippen LogP contribution in [0.4, 0.5) is 0 Å². The van der Waals surface area contributed by atoms with Gasteiger partial charge in [-0.1, -0.05) is 47.1 Å². The maximum Gasteiger partial charge on any atom is 0.337 e. The number of methoxy groups -OCH3 is 1. The van der Waals surface area contributed by atoms with Gasteiger partial charge in [0.25, 0.3) is 0 Å². The highest BCUT2D eigenvalue weighted by Gasteiger charge is 2.06. The Morgan fingerprint density at radius 1 is 1.20 bits per heavy atom. The summed E-state index contributed by atoms with van der Waals surface area (Å²) in [4.78, 5) is 19.4. The summed E-state index contributed by atoms with van der Waals surface area (Å²) < 4.78 is 4.64. The molecular weight excluding hydrogens is 319 g/mol. The summed E-state index contributed by atoms with van der Waals surface area (Å²) in [5.74, 6) is 0.298. The lowest BCUT2D eigenvalue weighted by Gasteiger charge is -2.03.